The van der Waals surface area contributed by atoms with Gasteiger partial charge in [0, 0.05) is 6.07 Å². The molecule has 0 saturated heterocycles. The normalized spacial score (nSPS) is 12.3. The van der Waals surface area contributed by atoms with Gasteiger partial charge in [-0.15, -0.1) is 0 Å². The predicted octanol–water partition coefficient (Wildman–Crippen LogP) is 2.95. The van der Waals surface area contributed by atoms with Crippen LogP contribution in [0.5, 0.6) is 5.75 Å². The van der Waals surface area contributed by atoms with Gasteiger partial charge in [0.2, 0.25) is 5.43 Å². The summed E-state index contributed by atoms with van der Waals surface area (Å²) in [5.41, 5.74) is -0.249. The van der Waals surface area contributed by atoms with E-state index in [-0.39, 0.29) is 33.8 Å². The van der Waals surface area contributed by atoms with Gasteiger partial charge in [0.25, 0.3) is 0 Å². The van der Waals surface area contributed by atoms with Crippen LogP contribution < -0.4 is 5.43 Å². The summed E-state index contributed by atoms with van der Waals surface area (Å²) >= 11 is 0. The molecule has 98 valence electrons. The van der Waals surface area contributed by atoms with Crippen LogP contribution in [0.15, 0.2) is 39.7 Å². The van der Waals surface area contributed by atoms with Crippen molar-refractivity contribution in [1.29, 1.82) is 0 Å². The molecule has 0 radical (unpaired) electrons. The average Bonchev–Trinajstić information content (AvgIpc) is 2.37. The van der Waals surface area contributed by atoms with Gasteiger partial charge >= 0.3 is 0 Å². The standard InChI is InChI=1S/C14H12O5/c1-3-9-13(18)10-5-4-8(16)6-11(10)19-14(9)12(17)7(2)15/h3-6,15-17H,1H2,2H3/b12-7-. The van der Waals surface area contributed by atoms with Gasteiger partial charge in [0.1, 0.15) is 17.1 Å². The second-order valence-corrected chi connectivity index (χ2v) is 3.99. The van der Waals surface area contributed by atoms with Gasteiger partial charge in [0.15, 0.2) is 11.5 Å². The van der Waals surface area contributed by atoms with Crippen molar-refractivity contribution in [3.05, 3.63) is 52.1 Å². The molecule has 0 spiro atoms. The van der Waals surface area contributed by atoms with Crippen LogP contribution in [0.25, 0.3) is 22.8 Å². The third-order valence-corrected chi connectivity index (χ3v) is 2.67. The van der Waals surface area contributed by atoms with E-state index in [1.54, 1.807) is 0 Å². The van der Waals surface area contributed by atoms with Crippen molar-refractivity contribution in [3.8, 4) is 5.75 Å². The van der Waals surface area contributed by atoms with E-state index in [4.69, 9.17) is 4.42 Å². The Balaban J connectivity index is 2.96. The highest BCUT2D eigenvalue weighted by atomic mass is 16.4. The van der Waals surface area contributed by atoms with Crippen molar-refractivity contribution >= 4 is 22.8 Å². The third-order valence-electron chi connectivity index (χ3n) is 2.67. The van der Waals surface area contributed by atoms with Crippen molar-refractivity contribution in [2.45, 2.75) is 6.92 Å². The molecule has 5 heteroatoms. The highest BCUT2D eigenvalue weighted by molar-refractivity contribution is 5.83. The molecule has 0 aliphatic heterocycles. The molecule has 1 heterocycles. The fourth-order valence-corrected chi connectivity index (χ4v) is 1.72. The summed E-state index contributed by atoms with van der Waals surface area (Å²) in [6.45, 7) is 4.75. The van der Waals surface area contributed by atoms with Gasteiger partial charge in [0.05, 0.1) is 10.9 Å². The third kappa shape index (κ3) is 2.06. The second-order valence-electron chi connectivity index (χ2n) is 3.99. The monoisotopic (exact) mass is 260 g/mol. The Bertz CT molecular complexity index is 748. The average molecular weight is 260 g/mol. The van der Waals surface area contributed by atoms with Crippen LogP contribution in [-0.4, -0.2) is 15.3 Å². The molecule has 5 nitrogen and oxygen atoms in total. The summed E-state index contributed by atoms with van der Waals surface area (Å²) in [4.78, 5) is 12.2. The molecule has 3 N–H and O–H groups in total. The largest absolute Gasteiger partial charge is 0.509 e. The Morgan fingerprint density at radius 3 is 2.63 bits per heavy atom. The van der Waals surface area contributed by atoms with Crippen molar-refractivity contribution in [1.82, 2.24) is 0 Å². The van der Waals surface area contributed by atoms with Crippen LogP contribution >= 0.6 is 0 Å². The number of rotatable bonds is 2. The fourth-order valence-electron chi connectivity index (χ4n) is 1.72. The van der Waals surface area contributed by atoms with Crippen molar-refractivity contribution < 1.29 is 19.7 Å². The van der Waals surface area contributed by atoms with E-state index in [2.05, 4.69) is 6.58 Å². The topological polar surface area (TPSA) is 90.9 Å². The SMILES string of the molecule is C=Cc1c(/C(O)=C(\C)O)oc2cc(O)ccc2c1=O. The molecule has 0 unspecified atom stereocenters. The van der Waals surface area contributed by atoms with Gasteiger partial charge in [-0.05, 0) is 19.1 Å². The zero-order chi connectivity index (χ0) is 14.2. The number of hydrogen-bond acceptors (Lipinski definition) is 5. The molecule has 2 aromatic rings. The van der Waals surface area contributed by atoms with Gasteiger partial charge in [-0.3, -0.25) is 4.79 Å². The Hall–Kier alpha value is -2.69. The van der Waals surface area contributed by atoms with Gasteiger partial charge < -0.3 is 19.7 Å². The Morgan fingerprint density at radius 1 is 1.37 bits per heavy atom. The summed E-state index contributed by atoms with van der Waals surface area (Å²) in [6, 6.07) is 4.03. The predicted molar refractivity (Wildman–Crippen MR) is 72.1 cm³/mol. The Morgan fingerprint density at radius 2 is 2.05 bits per heavy atom. The van der Waals surface area contributed by atoms with E-state index in [1.165, 1.54) is 31.2 Å². The summed E-state index contributed by atoms with van der Waals surface area (Å²) in [7, 11) is 0. The van der Waals surface area contributed by atoms with Crippen molar-refractivity contribution in [2.75, 3.05) is 0 Å². The summed E-state index contributed by atoms with van der Waals surface area (Å²) < 4.78 is 5.37. The first-order chi connectivity index (χ1) is 8.95. The molecule has 1 aromatic heterocycles. The molecule has 0 bridgehead atoms. The smallest absolute Gasteiger partial charge is 0.200 e. The Labute approximate surface area is 108 Å². The number of aromatic hydroxyl groups is 1. The lowest BCUT2D eigenvalue weighted by Gasteiger charge is -2.07. The molecule has 0 saturated carbocycles. The van der Waals surface area contributed by atoms with E-state index in [0.29, 0.717) is 0 Å². The zero-order valence-electron chi connectivity index (χ0n) is 10.2. The molecule has 0 atom stereocenters. The number of phenols is 1. The fraction of sp³-hybridized carbons (Fsp3) is 0.0714. The van der Waals surface area contributed by atoms with E-state index in [0.717, 1.165) is 0 Å². The Kier molecular flexibility index (Phi) is 3.04. The molecule has 0 aliphatic rings. The number of phenolic OH excluding ortho intramolecular Hbond substituents is 1. The maximum atomic E-state index is 12.2. The number of benzene rings is 1. The quantitative estimate of drug-likeness (QED) is 0.722. The van der Waals surface area contributed by atoms with Gasteiger partial charge in [-0.1, -0.05) is 12.7 Å². The van der Waals surface area contributed by atoms with E-state index < -0.39 is 11.2 Å². The summed E-state index contributed by atoms with van der Waals surface area (Å²) in [5, 5.41) is 28.7. The number of hydrogen-bond donors (Lipinski definition) is 3. The van der Waals surface area contributed by atoms with Gasteiger partial charge in [-0.2, -0.15) is 0 Å². The van der Waals surface area contributed by atoms with Crippen LogP contribution in [0.4, 0.5) is 0 Å². The number of allylic oxidation sites excluding steroid dienone is 1. The highest BCUT2D eigenvalue weighted by Crippen LogP contribution is 2.25. The minimum atomic E-state index is -0.544. The van der Waals surface area contributed by atoms with Crippen molar-refractivity contribution in [2.24, 2.45) is 0 Å². The molecule has 0 fully saturated rings. The van der Waals surface area contributed by atoms with Crippen LogP contribution in [0.1, 0.15) is 18.2 Å². The maximum Gasteiger partial charge on any atom is 0.200 e. The summed E-state index contributed by atoms with van der Waals surface area (Å²) in [5.74, 6) is -1.18. The lowest BCUT2D eigenvalue weighted by molar-refractivity contribution is 0.372. The van der Waals surface area contributed by atoms with E-state index in [1.807, 2.05) is 0 Å². The first kappa shape index (κ1) is 12.8. The lowest BCUT2D eigenvalue weighted by Crippen LogP contribution is -2.09. The molecule has 19 heavy (non-hydrogen) atoms. The van der Waals surface area contributed by atoms with Crippen molar-refractivity contribution in [3.63, 3.8) is 0 Å². The maximum absolute atomic E-state index is 12.2. The van der Waals surface area contributed by atoms with Crippen LogP contribution in [-0.2, 0) is 0 Å². The minimum absolute atomic E-state index is 0.0455. The first-order valence-electron chi connectivity index (χ1n) is 5.47. The lowest BCUT2D eigenvalue weighted by atomic mass is 10.1. The molecular weight excluding hydrogens is 248 g/mol. The summed E-state index contributed by atoms with van der Waals surface area (Å²) in [6.07, 6.45) is 1.24. The van der Waals surface area contributed by atoms with Gasteiger partial charge in [-0.25, -0.2) is 0 Å². The second kappa shape index (κ2) is 4.53. The van der Waals surface area contributed by atoms with Crippen LogP contribution in [0.3, 0.4) is 0 Å². The molecule has 2 rings (SSSR count). The van der Waals surface area contributed by atoms with Crippen LogP contribution in [0.2, 0.25) is 0 Å². The number of aliphatic hydroxyl groups excluding tert-OH is 2. The molecule has 0 aliphatic carbocycles. The molecule has 0 amide bonds. The minimum Gasteiger partial charge on any atom is -0.509 e. The van der Waals surface area contributed by atoms with Crippen LogP contribution in [0, 0.1) is 0 Å². The van der Waals surface area contributed by atoms with E-state index >= 15 is 0 Å². The molecule has 1 aromatic carbocycles. The molecular formula is C14H12O5. The first-order valence-corrected chi connectivity index (χ1v) is 5.47. The number of aliphatic hydroxyl groups is 2. The zero-order valence-corrected chi connectivity index (χ0v) is 10.2. The number of fused-ring (bicyclic) bond motifs is 1. The van der Waals surface area contributed by atoms with E-state index in [9.17, 15) is 20.1 Å². The highest BCUT2D eigenvalue weighted by Gasteiger charge is 2.17.